The molecule has 0 saturated heterocycles. The average Bonchev–Trinajstić information content (AvgIpc) is 2.65. The van der Waals surface area contributed by atoms with Gasteiger partial charge in [-0.3, -0.25) is 20.4 Å². The number of carbonyl (C=O) groups excluding carboxylic acids is 2. The van der Waals surface area contributed by atoms with Crippen LogP contribution in [0.5, 0.6) is 5.75 Å². The van der Waals surface area contributed by atoms with E-state index in [0.717, 1.165) is 21.2 Å². The van der Waals surface area contributed by atoms with Crippen molar-refractivity contribution in [2.75, 3.05) is 6.61 Å². The van der Waals surface area contributed by atoms with E-state index in [1.165, 1.54) is 0 Å². The summed E-state index contributed by atoms with van der Waals surface area (Å²) < 4.78 is 6.68. The number of rotatable bonds is 7. The van der Waals surface area contributed by atoms with Gasteiger partial charge in [-0.1, -0.05) is 60.1 Å². The molecule has 27 heavy (non-hydrogen) atoms. The molecule has 0 aliphatic carbocycles. The molecule has 0 bridgehead atoms. The van der Waals surface area contributed by atoms with Gasteiger partial charge >= 0.3 is 0 Å². The van der Waals surface area contributed by atoms with Gasteiger partial charge in [0, 0.05) is 10.9 Å². The fraction of sp³-hybridized carbons (Fsp3) is 0.333. The minimum Gasteiger partial charge on any atom is -0.483 e. The van der Waals surface area contributed by atoms with Crippen molar-refractivity contribution in [1.82, 2.24) is 10.9 Å². The molecule has 0 aliphatic rings. The van der Waals surface area contributed by atoms with Gasteiger partial charge < -0.3 is 4.74 Å². The van der Waals surface area contributed by atoms with E-state index < -0.39 is 5.91 Å². The maximum absolute atomic E-state index is 12.0. The van der Waals surface area contributed by atoms with Crippen LogP contribution in [0.25, 0.3) is 0 Å². The van der Waals surface area contributed by atoms with Crippen LogP contribution in [0, 0.1) is 6.92 Å². The van der Waals surface area contributed by atoms with E-state index in [1.807, 2.05) is 49.4 Å². The smallest absolute Gasteiger partial charge is 0.276 e. The maximum Gasteiger partial charge on any atom is 0.276 e. The second-order valence-corrected chi connectivity index (χ2v) is 7.52. The van der Waals surface area contributed by atoms with Crippen molar-refractivity contribution in [3.8, 4) is 5.75 Å². The first-order valence-corrected chi connectivity index (χ1v) is 9.70. The van der Waals surface area contributed by atoms with Gasteiger partial charge in [-0.15, -0.1) is 0 Å². The fourth-order valence-electron chi connectivity index (χ4n) is 2.53. The molecule has 2 aromatic carbocycles. The van der Waals surface area contributed by atoms with E-state index in [9.17, 15) is 9.59 Å². The van der Waals surface area contributed by atoms with Crippen LogP contribution in [0.1, 0.15) is 42.9 Å². The van der Waals surface area contributed by atoms with Gasteiger partial charge in [0.15, 0.2) is 6.61 Å². The van der Waals surface area contributed by atoms with Crippen molar-refractivity contribution in [2.45, 2.75) is 39.5 Å². The molecular formula is C21H25BrN2O3. The van der Waals surface area contributed by atoms with Crippen LogP contribution in [0.15, 0.2) is 46.9 Å². The molecule has 2 aromatic rings. The summed E-state index contributed by atoms with van der Waals surface area (Å²) in [7, 11) is 0. The molecule has 0 aliphatic heterocycles. The molecule has 2 amide bonds. The molecular weight excluding hydrogens is 408 g/mol. The van der Waals surface area contributed by atoms with Crippen molar-refractivity contribution in [1.29, 1.82) is 0 Å². The van der Waals surface area contributed by atoms with E-state index in [4.69, 9.17) is 4.74 Å². The number of ether oxygens (including phenoxy) is 1. The lowest BCUT2D eigenvalue weighted by Crippen LogP contribution is -2.43. The zero-order valence-electron chi connectivity index (χ0n) is 15.8. The highest BCUT2D eigenvalue weighted by atomic mass is 79.9. The van der Waals surface area contributed by atoms with Crippen LogP contribution < -0.4 is 15.6 Å². The Balaban J connectivity index is 1.79. The maximum atomic E-state index is 12.0. The first kappa shape index (κ1) is 21.0. The number of carbonyl (C=O) groups is 2. The molecule has 2 rings (SSSR count). The topological polar surface area (TPSA) is 67.4 Å². The lowest BCUT2D eigenvalue weighted by Gasteiger charge is -2.16. The number of nitrogens with one attached hydrogen (secondary N) is 2. The highest BCUT2D eigenvalue weighted by Gasteiger charge is 2.13. The van der Waals surface area contributed by atoms with E-state index in [2.05, 4.69) is 40.6 Å². The number of hydrogen-bond acceptors (Lipinski definition) is 3. The number of hydrogen-bond donors (Lipinski definition) is 2. The van der Waals surface area contributed by atoms with Crippen molar-refractivity contribution in [3.63, 3.8) is 0 Å². The van der Waals surface area contributed by atoms with Gasteiger partial charge in [-0.25, -0.2) is 0 Å². The highest BCUT2D eigenvalue weighted by Crippen LogP contribution is 2.32. The zero-order valence-corrected chi connectivity index (χ0v) is 17.4. The van der Waals surface area contributed by atoms with Gasteiger partial charge in [-0.05, 0) is 48.1 Å². The Morgan fingerprint density at radius 3 is 2.41 bits per heavy atom. The first-order valence-electron chi connectivity index (χ1n) is 8.91. The monoisotopic (exact) mass is 432 g/mol. The third kappa shape index (κ3) is 6.71. The molecule has 0 spiro atoms. The third-order valence-corrected chi connectivity index (χ3v) is 4.95. The highest BCUT2D eigenvalue weighted by molar-refractivity contribution is 9.10. The molecule has 144 valence electrons. The summed E-state index contributed by atoms with van der Waals surface area (Å²) in [4.78, 5) is 23.8. The Hall–Kier alpha value is -2.34. The summed E-state index contributed by atoms with van der Waals surface area (Å²) in [5, 5.41) is 0. The lowest BCUT2D eigenvalue weighted by atomic mass is 10.0. The van der Waals surface area contributed by atoms with Crippen molar-refractivity contribution >= 4 is 27.7 Å². The Morgan fingerprint density at radius 2 is 1.74 bits per heavy atom. The predicted molar refractivity (Wildman–Crippen MR) is 110 cm³/mol. The molecule has 6 heteroatoms. The quantitative estimate of drug-likeness (QED) is 0.648. The van der Waals surface area contributed by atoms with Crippen LogP contribution in [0.3, 0.4) is 0 Å². The van der Waals surface area contributed by atoms with E-state index in [1.54, 1.807) is 0 Å². The van der Waals surface area contributed by atoms with Gasteiger partial charge in [0.2, 0.25) is 5.91 Å². The summed E-state index contributed by atoms with van der Waals surface area (Å²) in [5.41, 5.74) is 7.94. The summed E-state index contributed by atoms with van der Waals surface area (Å²) in [5.74, 6) is 0.293. The third-order valence-electron chi connectivity index (χ3n) is 4.10. The van der Waals surface area contributed by atoms with E-state index >= 15 is 0 Å². The summed E-state index contributed by atoms with van der Waals surface area (Å²) in [6.07, 6.45) is 0.920. The van der Waals surface area contributed by atoms with Crippen LogP contribution in [0.4, 0.5) is 0 Å². The van der Waals surface area contributed by atoms with Crippen molar-refractivity contribution in [2.24, 2.45) is 0 Å². The molecule has 0 atom stereocenters. The van der Waals surface area contributed by atoms with Crippen molar-refractivity contribution in [3.05, 3.63) is 63.6 Å². The molecule has 5 nitrogen and oxygen atoms in total. The Labute approximate surface area is 168 Å². The minimum absolute atomic E-state index is 0.167. The molecule has 0 saturated carbocycles. The standard InChI is InChI=1S/C21H25BrN2O3/c1-14(2)17-12-18(22)15(3)11-19(17)27-13-21(26)24-23-20(25)10-9-16-7-5-4-6-8-16/h4-8,11-12,14H,9-10,13H2,1-3H3,(H,23,25)(H,24,26). The number of amides is 2. The number of benzene rings is 2. The second-order valence-electron chi connectivity index (χ2n) is 6.66. The Morgan fingerprint density at radius 1 is 1.07 bits per heavy atom. The molecule has 0 fully saturated rings. The van der Waals surface area contributed by atoms with Crippen LogP contribution in [-0.4, -0.2) is 18.4 Å². The SMILES string of the molecule is Cc1cc(OCC(=O)NNC(=O)CCc2ccccc2)c(C(C)C)cc1Br. The van der Waals surface area contributed by atoms with Crippen molar-refractivity contribution < 1.29 is 14.3 Å². The van der Waals surface area contributed by atoms with Gasteiger partial charge in [0.1, 0.15) is 5.75 Å². The zero-order chi connectivity index (χ0) is 19.8. The van der Waals surface area contributed by atoms with Crippen LogP contribution in [0.2, 0.25) is 0 Å². The van der Waals surface area contributed by atoms with E-state index in [-0.39, 0.29) is 18.4 Å². The second kappa shape index (κ2) is 10.1. The molecule has 2 N–H and O–H groups in total. The number of hydrazine groups is 1. The fourth-order valence-corrected chi connectivity index (χ4v) is 2.89. The van der Waals surface area contributed by atoms with Crippen LogP contribution >= 0.6 is 15.9 Å². The average molecular weight is 433 g/mol. The predicted octanol–water partition coefficient (Wildman–Crippen LogP) is 4.04. The van der Waals surface area contributed by atoms with Gasteiger partial charge in [0.25, 0.3) is 5.91 Å². The lowest BCUT2D eigenvalue weighted by molar-refractivity contribution is -0.130. The Bertz CT molecular complexity index is 792. The summed E-state index contributed by atoms with van der Waals surface area (Å²) in [6.45, 7) is 5.93. The van der Waals surface area contributed by atoms with Gasteiger partial charge in [0.05, 0.1) is 0 Å². The molecule has 0 unspecified atom stereocenters. The number of halogens is 1. The molecule has 0 radical (unpaired) electrons. The Kier molecular flexibility index (Phi) is 7.85. The number of aryl methyl sites for hydroxylation is 2. The normalized spacial score (nSPS) is 10.6. The largest absolute Gasteiger partial charge is 0.483 e. The summed E-state index contributed by atoms with van der Waals surface area (Å²) >= 11 is 3.52. The minimum atomic E-state index is -0.404. The van der Waals surface area contributed by atoms with Gasteiger partial charge in [-0.2, -0.15) is 0 Å². The van der Waals surface area contributed by atoms with Crippen LogP contribution in [-0.2, 0) is 16.0 Å². The first-order chi connectivity index (χ1) is 12.9. The van der Waals surface area contributed by atoms with E-state index in [0.29, 0.717) is 18.6 Å². The summed E-state index contributed by atoms with van der Waals surface area (Å²) in [6, 6.07) is 13.6. The molecule has 0 heterocycles. The molecule has 0 aromatic heterocycles.